The van der Waals surface area contributed by atoms with Crippen LogP contribution in [0, 0.1) is 36.5 Å². The highest BCUT2D eigenvalue weighted by atomic mass is 16.3. The first-order valence-electron chi connectivity index (χ1n) is 15.3. The van der Waals surface area contributed by atoms with E-state index in [2.05, 4.69) is 5.32 Å². The minimum atomic E-state index is -1.21. The smallest absolute Gasteiger partial charge is 0.251 e. The third-order valence-electron chi connectivity index (χ3n) is 9.45. The lowest BCUT2D eigenvalue weighted by Crippen LogP contribution is -2.45. The molecule has 0 radical (unpaired) electrons. The summed E-state index contributed by atoms with van der Waals surface area (Å²) in [5.74, 6) is -8.28. The van der Waals surface area contributed by atoms with Crippen molar-refractivity contribution in [1.29, 1.82) is 0 Å². The Hall–Kier alpha value is -3.90. The lowest BCUT2D eigenvalue weighted by atomic mass is 9.77. The molecule has 1 aromatic carbocycles. The van der Waals surface area contributed by atoms with E-state index in [0.717, 1.165) is 6.08 Å². The van der Waals surface area contributed by atoms with Gasteiger partial charge in [0.1, 0.15) is 11.5 Å². The average Bonchev–Trinajstić information content (AvgIpc) is 3.02. The molecule has 11 heteroatoms. The van der Waals surface area contributed by atoms with Crippen LogP contribution >= 0.6 is 0 Å². The average molecular weight is 640 g/mol. The van der Waals surface area contributed by atoms with Crippen LogP contribution in [0.5, 0.6) is 11.5 Å². The number of carbonyl (C=O) groups excluding carboxylic acids is 4. The summed E-state index contributed by atoms with van der Waals surface area (Å²) in [7, 11) is 0. The molecule has 1 aliphatic carbocycles. The van der Waals surface area contributed by atoms with Gasteiger partial charge in [-0.05, 0) is 26.3 Å². The molecule has 4 bridgehead atoms. The number of hydrogen-bond donors (Lipinski definition) is 7. The number of aliphatic hydroxyl groups is 4. The van der Waals surface area contributed by atoms with E-state index in [1.54, 1.807) is 40.7 Å². The van der Waals surface area contributed by atoms with Crippen LogP contribution in [-0.4, -0.2) is 78.3 Å². The number of allylic oxidation sites excluding steroid dienone is 5. The Labute approximate surface area is 268 Å². The molecule has 1 aromatic rings. The Balaban J connectivity index is 2.20. The van der Waals surface area contributed by atoms with Crippen molar-refractivity contribution in [1.82, 2.24) is 5.32 Å². The maximum atomic E-state index is 13.7. The first kappa shape index (κ1) is 36.6. The van der Waals surface area contributed by atoms with Gasteiger partial charge >= 0.3 is 0 Å². The van der Waals surface area contributed by atoms with Crippen LogP contribution in [0.2, 0.25) is 0 Å². The van der Waals surface area contributed by atoms with E-state index in [-0.39, 0.29) is 16.7 Å². The fraction of sp³-hybridized carbons (Fsp3) is 0.486. The minimum absolute atomic E-state index is 0.00428. The Morgan fingerprint density at radius 3 is 1.65 bits per heavy atom. The molecule has 2 aliphatic heterocycles. The second-order valence-corrected chi connectivity index (χ2v) is 12.8. The molecular weight excluding hydrogens is 594 g/mol. The highest BCUT2D eigenvalue weighted by Crippen LogP contribution is 2.41. The first-order valence-corrected chi connectivity index (χ1v) is 15.3. The number of hydrogen-bond acceptors (Lipinski definition) is 10. The van der Waals surface area contributed by atoms with Gasteiger partial charge in [-0.2, -0.15) is 0 Å². The number of nitrogens with one attached hydrogen (secondary N) is 1. The van der Waals surface area contributed by atoms with E-state index >= 15 is 0 Å². The van der Waals surface area contributed by atoms with Crippen molar-refractivity contribution in [2.24, 2.45) is 29.6 Å². The lowest BCUT2D eigenvalue weighted by molar-refractivity contribution is -0.116. The number of amides is 1. The third-order valence-corrected chi connectivity index (χ3v) is 9.45. The summed E-state index contributed by atoms with van der Waals surface area (Å²) in [5, 5.41) is 68.4. The molecule has 0 unspecified atom stereocenters. The van der Waals surface area contributed by atoms with Crippen molar-refractivity contribution in [2.45, 2.75) is 79.8 Å². The number of ketones is 3. The molecule has 0 spiro atoms. The zero-order valence-electron chi connectivity index (χ0n) is 27.4. The van der Waals surface area contributed by atoms with E-state index in [4.69, 9.17) is 0 Å². The normalized spacial score (nSPS) is 32.1. The summed E-state index contributed by atoms with van der Waals surface area (Å²) < 4.78 is 0. The Morgan fingerprint density at radius 2 is 1.11 bits per heavy atom. The quantitative estimate of drug-likeness (QED) is 0.221. The molecule has 0 aromatic heterocycles. The summed E-state index contributed by atoms with van der Waals surface area (Å²) in [4.78, 5) is 53.6. The summed E-state index contributed by atoms with van der Waals surface area (Å²) in [5.41, 5.74) is -2.08. The molecule has 3 aliphatic rings. The Morgan fingerprint density at radius 1 is 0.630 bits per heavy atom. The van der Waals surface area contributed by atoms with Crippen LogP contribution in [0.4, 0.5) is 0 Å². The van der Waals surface area contributed by atoms with Crippen LogP contribution in [0.3, 0.4) is 0 Å². The van der Waals surface area contributed by atoms with Crippen LogP contribution in [0.15, 0.2) is 47.2 Å². The summed E-state index contributed by atoms with van der Waals surface area (Å²) >= 11 is 0. The van der Waals surface area contributed by atoms with Crippen LogP contribution in [-0.2, 0) is 4.79 Å². The monoisotopic (exact) mass is 639 g/mol. The second kappa shape index (κ2) is 14.3. The molecule has 9 atom stereocenters. The standard InChI is InChI=1S/C35H45NO10/c1-14-10-9-11-15(2)35(46)36-22-13-23(37)24-25(32(43)21(8)33(44)26(24)34(22)45)29(40)17(4)12-16(3)28(39)19(6)31(42)20(7)30(41)18(5)27(14)38/h9-14,16,18-20,27-28,30-31,38-39,41-44H,1-8H3,(H,36,46)/t14-,16-,18+,19+,20+,27-,28-,30+,31+/m0/s1. The largest absolute Gasteiger partial charge is 0.507 e. The number of rotatable bonds is 0. The van der Waals surface area contributed by atoms with Crippen molar-refractivity contribution in [3.05, 3.63) is 69.5 Å². The third kappa shape index (κ3) is 6.92. The number of benzene rings is 1. The van der Waals surface area contributed by atoms with Crippen LogP contribution in [0.1, 0.15) is 85.1 Å². The topological polar surface area (TPSA) is 202 Å². The van der Waals surface area contributed by atoms with Gasteiger partial charge in [0.15, 0.2) is 11.6 Å². The molecule has 46 heavy (non-hydrogen) atoms. The summed E-state index contributed by atoms with van der Waals surface area (Å²) in [6.45, 7) is 12.3. The molecule has 7 N–H and O–H groups in total. The summed E-state index contributed by atoms with van der Waals surface area (Å²) in [6.07, 6.45) is 2.23. The number of aliphatic hydroxyl groups excluding tert-OH is 4. The van der Waals surface area contributed by atoms with Crippen LogP contribution < -0.4 is 5.32 Å². The molecule has 2 heterocycles. The van der Waals surface area contributed by atoms with E-state index in [1.807, 2.05) is 0 Å². The zero-order chi connectivity index (χ0) is 34.9. The predicted molar refractivity (Wildman–Crippen MR) is 170 cm³/mol. The number of phenols is 2. The molecular formula is C35H45NO10. The van der Waals surface area contributed by atoms with E-state index in [1.165, 1.54) is 39.0 Å². The second-order valence-electron chi connectivity index (χ2n) is 12.8. The van der Waals surface area contributed by atoms with Crippen molar-refractivity contribution in [2.75, 3.05) is 0 Å². The van der Waals surface area contributed by atoms with Gasteiger partial charge in [0, 0.05) is 46.8 Å². The van der Waals surface area contributed by atoms with Crippen molar-refractivity contribution < 1.29 is 49.8 Å². The van der Waals surface area contributed by atoms with Crippen molar-refractivity contribution >= 4 is 23.3 Å². The van der Waals surface area contributed by atoms with Gasteiger partial charge in [0.05, 0.1) is 46.8 Å². The minimum Gasteiger partial charge on any atom is -0.507 e. The number of aromatic hydroxyl groups is 2. The van der Waals surface area contributed by atoms with Gasteiger partial charge < -0.3 is 36.0 Å². The molecule has 1 amide bonds. The van der Waals surface area contributed by atoms with Gasteiger partial charge in [0.25, 0.3) is 5.91 Å². The molecule has 4 rings (SSSR count). The number of phenolic OH excluding ortho intramolecular Hbond substituents is 2. The van der Waals surface area contributed by atoms with Gasteiger partial charge in [0.2, 0.25) is 5.78 Å². The van der Waals surface area contributed by atoms with Crippen molar-refractivity contribution in [3.8, 4) is 11.5 Å². The Bertz CT molecular complexity index is 1550. The highest BCUT2D eigenvalue weighted by molar-refractivity contribution is 6.31. The number of carbonyl (C=O) groups is 4. The van der Waals surface area contributed by atoms with Gasteiger partial charge in [-0.15, -0.1) is 0 Å². The van der Waals surface area contributed by atoms with E-state index < -0.39 is 111 Å². The zero-order valence-corrected chi connectivity index (χ0v) is 27.4. The number of fused-ring (bicyclic) bond motifs is 15. The molecule has 0 saturated carbocycles. The van der Waals surface area contributed by atoms with Crippen molar-refractivity contribution in [3.63, 3.8) is 0 Å². The lowest BCUT2D eigenvalue weighted by Gasteiger charge is -2.36. The molecule has 11 nitrogen and oxygen atoms in total. The summed E-state index contributed by atoms with van der Waals surface area (Å²) in [6, 6.07) is 0. The van der Waals surface area contributed by atoms with E-state index in [9.17, 15) is 49.8 Å². The predicted octanol–water partition coefficient (Wildman–Crippen LogP) is 3.05. The maximum absolute atomic E-state index is 13.7. The maximum Gasteiger partial charge on any atom is 0.251 e. The number of Topliss-reactive ketones (excluding diaryl/α,β-unsaturated/α-hetero) is 2. The highest BCUT2D eigenvalue weighted by Gasteiger charge is 2.39. The van der Waals surface area contributed by atoms with Crippen LogP contribution in [0.25, 0.3) is 0 Å². The Kier molecular flexibility index (Phi) is 11.3. The first-order chi connectivity index (χ1) is 21.3. The molecule has 250 valence electrons. The molecule has 0 saturated heterocycles. The van der Waals surface area contributed by atoms with Gasteiger partial charge in [-0.3, -0.25) is 19.2 Å². The fourth-order valence-corrected chi connectivity index (χ4v) is 6.11. The molecule has 0 fully saturated rings. The van der Waals surface area contributed by atoms with Gasteiger partial charge in [-0.1, -0.05) is 58.9 Å². The SMILES string of the molecule is CC1=CC=C[C@H](C)[C@H](O)[C@@H](C)[C@@H](O)[C@@H](C)[C@H](O)[C@H](C)[C@@H](O)[C@@H](C)C=C(C)C(=O)c2c(O)c(C)c(O)c3c2C(=O)C=C(NC1=O)C3=O. The van der Waals surface area contributed by atoms with E-state index in [0.29, 0.717) is 0 Å². The van der Waals surface area contributed by atoms with Gasteiger partial charge in [-0.25, -0.2) is 0 Å². The fourth-order valence-electron chi connectivity index (χ4n) is 6.11.